The average Bonchev–Trinajstić information content (AvgIpc) is 2.86. The van der Waals surface area contributed by atoms with Gasteiger partial charge in [-0.05, 0) is 29.1 Å². The lowest BCUT2D eigenvalue weighted by Gasteiger charge is -2.10. The van der Waals surface area contributed by atoms with Crippen molar-refractivity contribution >= 4 is 11.3 Å². The largest absolute Gasteiger partial charge is 0.488 e. The summed E-state index contributed by atoms with van der Waals surface area (Å²) in [4.78, 5) is 1.13. The van der Waals surface area contributed by atoms with Crippen LogP contribution in [0.5, 0.6) is 5.75 Å². The van der Waals surface area contributed by atoms with E-state index >= 15 is 0 Å². The van der Waals surface area contributed by atoms with Gasteiger partial charge >= 0.3 is 0 Å². The van der Waals surface area contributed by atoms with Crippen molar-refractivity contribution in [3.8, 4) is 5.75 Å². The van der Waals surface area contributed by atoms with E-state index in [2.05, 4.69) is 19.2 Å². The van der Waals surface area contributed by atoms with Crippen molar-refractivity contribution in [3.05, 3.63) is 52.0 Å². The second-order valence-electron chi connectivity index (χ2n) is 4.70. The standard InChI is InChI=1S/C15H18FNOS/c1-11(2)17-9-12-6-13(16)8-14(7-12)18-10-15-4-3-5-19-15/h3-8,11,17H,9-10H2,1-2H3. The second-order valence-corrected chi connectivity index (χ2v) is 5.73. The van der Waals surface area contributed by atoms with Crippen molar-refractivity contribution in [2.75, 3.05) is 0 Å². The topological polar surface area (TPSA) is 21.3 Å². The molecule has 1 aromatic heterocycles. The molecule has 0 radical (unpaired) electrons. The van der Waals surface area contributed by atoms with Gasteiger partial charge in [-0.3, -0.25) is 0 Å². The van der Waals surface area contributed by atoms with E-state index in [9.17, 15) is 4.39 Å². The number of ether oxygens (including phenoxy) is 1. The summed E-state index contributed by atoms with van der Waals surface area (Å²) in [6.45, 7) is 5.25. The molecule has 1 aromatic carbocycles. The van der Waals surface area contributed by atoms with Crippen LogP contribution < -0.4 is 10.1 Å². The highest BCUT2D eigenvalue weighted by molar-refractivity contribution is 7.09. The minimum absolute atomic E-state index is 0.260. The Morgan fingerprint density at radius 3 is 2.84 bits per heavy atom. The monoisotopic (exact) mass is 279 g/mol. The van der Waals surface area contributed by atoms with Gasteiger partial charge in [-0.25, -0.2) is 4.39 Å². The van der Waals surface area contributed by atoms with E-state index in [1.165, 1.54) is 12.1 Å². The molecule has 0 atom stereocenters. The van der Waals surface area contributed by atoms with Gasteiger partial charge in [0.15, 0.2) is 0 Å². The fourth-order valence-corrected chi connectivity index (χ4v) is 2.29. The fraction of sp³-hybridized carbons (Fsp3) is 0.333. The van der Waals surface area contributed by atoms with Gasteiger partial charge in [0.2, 0.25) is 0 Å². The number of halogens is 1. The molecule has 0 spiro atoms. The fourth-order valence-electron chi connectivity index (χ4n) is 1.68. The second kappa shape index (κ2) is 6.68. The molecule has 0 saturated carbocycles. The lowest BCUT2D eigenvalue weighted by Crippen LogP contribution is -2.21. The van der Waals surface area contributed by atoms with Gasteiger partial charge < -0.3 is 10.1 Å². The average molecular weight is 279 g/mol. The van der Waals surface area contributed by atoms with Crippen LogP contribution in [0.2, 0.25) is 0 Å². The first kappa shape index (κ1) is 14.0. The normalized spacial score (nSPS) is 10.9. The minimum Gasteiger partial charge on any atom is -0.488 e. The van der Waals surface area contributed by atoms with E-state index in [0.29, 0.717) is 24.9 Å². The van der Waals surface area contributed by atoms with Crippen molar-refractivity contribution in [2.24, 2.45) is 0 Å². The molecule has 2 aromatic rings. The first-order valence-electron chi connectivity index (χ1n) is 6.31. The van der Waals surface area contributed by atoms with Crippen molar-refractivity contribution in [2.45, 2.75) is 33.0 Å². The Labute approximate surface area is 117 Å². The molecule has 0 fully saturated rings. The van der Waals surface area contributed by atoms with E-state index in [1.807, 2.05) is 23.6 Å². The molecule has 2 nitrogen and oxygen atoms in total. The van der Waals surface area contributed by atoms with Gasteiger partial charge in [-0.1, -0.05) is 19.9 Å². The van der Waals surface area contributed by atoms with Crippen molar-refractivity contribution < 1.29 is 9.13 Å². The summed E-state index contributed by atoms with van der Waals surface area (Å²) >= 11 is 1.63. The molecule has 19 heavy (non-hydrogen) atoms. The molecular weight excluding hydrogens is 261 g/mol. The maximum absolute atomic E-state index is 13.5. The Hall–Kier alpha value is -1.39. The van der Waals surface area contributed by atoms with E-state index in [0.717, 1.165) is 10.4 Å². The third-order valence-electron chi connectivity index (χ3n) is 2.61. The van der Waals surface area contributed by atoms with Gasteiger partial charge in [-0.15, -0.1) is 11.3 Å². The molecule has 1 N–H and O–H groups in total. The highest BCUT2D eigenvalue weighted by Gasteiger charge is 2.04. The van der Waals surface area contributed by atoms with Gasteiger partial charge in [0.1, 0.15) is 18.2 Å². The summed E-state index contributed by atoms with van der Waals surface area (Å²) < 4.78 is 19.1. The van der Waals surface area contributed by atoms with Gasteiger partial charge in [-0.2, -0.15) is 0 Å². The summed E-state index contributed by atoms with van der Waals surface area (Å²) in [5, 5.41) is 5.27. The van der Waals surface area contributed by atoms with Crippen molar-refractivity contribution in [3.63, 3.8) is 0 Å². The van der Waals surface area contributed by atoms with E-state index in [4.69, 9.17) is 4.74 Å². The third-order valence-corrected chi connectivity index (χ3v) is 3.46. The molecule has 4 heteroatoms. The molecule has 2 rings (SSSR count). The number of rotatable bonds is 6. The molecule has 0 saturated heterocycles. The zero-order valence-electron chi connectivity index (χ0n) is 11.2. The van der Waals surface area contributed by atoms with Gasteiger partial charge in [0, 0.05) is 23.5 Å². The van der Waals surface area contributed by atoms with Crippen LogP contribution in [-0.2, 0) is 13.2 Å². The minimum atomic E-state index is -0.260. The number of benzene rings is 1. The quantitative estimate of drug-likeness (QED) is 0.864. The molecule has 102 valence electrons. The summed E-state index contributed by atoms with van der Waals surface area (Å²) in [5.74, 6) is 0.318. The van der Waals surface area contributed by atoms with Gasteiger partial charge in [0.05, 0.1) is 0 Å². The number of thiophene rings is 1. The Balaban J connectivity index is 1.99. The van der Waals surface area contributed by atoms with Crippen LogP contribution in [0.1, 0.15) is 24.3 Å². The first-order chi connectivity index (χ1) is 9.13. The highest BCUT2D eigenvalue weighted by atomic mass is 32.1. The number of hydrogen-bond donors (Lipinski definition) is 1. The zero-order chi connectivity index (χ0) is 13.7. The molecule has 0 unspecified atom stereocenters. The SMILES string of the molecule is CC(C)NCc1cc(F)cc(OCc2cccs2)c1. The lowest BCUT2D eigenvalue weighted by atomic mass is 10.2. The van der Waals surface area contributed by atoms with Crippen molar-refractivity contribution in [1.29, 1.82) is 0 Å². The third kappa shape index (κ3) is 4.65. The first-order valence-corrected chi connectivity index (χ1v) is 7.19. The molecule has 0 aliphatic carbocycles. The summed E-state index contributed by atoms with van der Waals surface area (Å²) in [7, 11) is 0. The molecule has 0 bridgehead atoms. The predicted octanol–water partition coefficient (Wildman–Crippen LogP) is 3.96. The highest BCUT2D eigenvalue weighted by Crippen LogP contribution is 2.19. The molecule has 0 aliphatic rings. The van der Waals surface area contributed by atoms with E-state index in [-0.39, 0.29) is 5.82 Å². The maximum atomic E-state index is 13.5. The summed E-state index contributed by atoms with van der Waals surface area (Å²) in [5.41, 5.74) is 0.898. The van der Waals surface area contributed by atoms with Crippen LogP contribution in [0.3, 0.4) is 0 Å². The zero-order valence-corrected chi connectivity index (χ0v) is 12.0. The molecule has 0 amide bonds. The Kier molecular flexibility index (Phi) is 4.93. The van der Waals surface area contributed by atoms with Crippen LogP contribution >= 0.6 is 11.3 Å². The van der Waals surface area contributed by atoms with Crippen molar-refractivity contribution in [1.82, 2.24) is 5.32 Å². The number of nitrogens with one attached hydrogen (secondary N) is 1. The molecular formula is C15H18FNOS. The number of hydrogen-bond acceptors (Lipinski definition) is 3. The smallest absolute Gasteiger partial charge is 0.127 e. The van der Waals surface area contributed by atoms with Crippen LogP contribution in [0.15, 0.2) is 35.7 Å². The van der Waals surface area contributed by atoms with E-state index in [1.54, 1.807) is 11.3 Å². The Morgan fingerprint density at radius 1 is 1.32 bits per heavy atom. The maximum Gasteiger partial charge on any atom is 0.127 e. The Morgan fingerprint density at radius 2 is 2.16 bits per heavy atom. The van der Waals surface area contributed by atoms with Crippen LogP contribution in [0.25, 0.3) is 0 Å². The summed E-state index contributed by atoms with van der Waals surface area (Å²) in [6, 6.07) is 9.20. The predicted molar refractivity (Wildman–Crippen MR) is 77.0 cm³/mol. The lowest BCUT2D eigenvalue weighted by molar-refractivity contribution is 0.307. The van der Waals surface area contributed by atoms with Gasteiger partial charge in [0.25, 0.3) is 0 Å². The molecule has 1 heterocycles. The van der Waals surface area contributed by atoms with Crippen LogP contribution in [0.4, 0.5) is 4.39 Å². The van der Waals surface area contributed by atoms with E-state index < -0.39 is 0 Å². The van der Waals surface area contributed by atoms with Crippen LogP contribution in [-0.4, -0.2) is 6.04 Å². The summed E-state index contributed by atoms with van der Waals surface area (Å²) in [6.07, 6.45) is 0. The molecule has 0 aliphatic heterocycles. The Bertz CT molecular complexity index is 511. The van der Waals surface area contributed by atoms with Crippen LogP contribution in [0, 0.1) is 5.82 Å².